The highest BCUT2D eigenvalue weighted by molar-refractivity contribution is 6.30. The van der Waals surface area contributed by atoms with E-state index in [4.69, 9.17) is 21.1 Å². The van der Waals surface area contributed by atoms with Crippen LogP contribution in [0.4, 0.5) is 0 Å². The first-order chi connectivity index (χ1) is 14.2. The van der Waals surface area contributed by atoms with Crippen molar-refractivity contribution in [1.29, 1.82) is 0 Å². The second kappa shape index (κ2) is 8.99. The van der Waals surface area contributed by atoms with Crippen molar-refractivity contribution in [3.8, 4) is 11.1 Å². The van der Waals surface area contributed by atoms with Gasteiger partial charge in [-0.05, 0) is 67.8 Å². The highest BCUT2D eigenvalue weighted by Crippen LogP contribution is 2.40. The van der Waals surface area contributed by atoms with Crippen molar-refractivity contribution in [3.05, 3.63) is 70.7 Å². The molecule has 0 saturated heterocycles. The first-order valence-electron chi connectivity index (χ1n) is 9.86. The van der Waals surface area contributed by atoms with Gasteiger partial charge in [-0.25, -0.2) is 4.79 Å². The summed E-state index contributed by atoms with van der Waals surface area (Å²) in [6.07, 6.45) is -0.292. The van der Waals surface area contributed by atoms with Gasteiger partial charge in [0.2, 0.25) is 0 Å². The summed E-state index contributed by atoms with van der Waals surface area (Å²) >= 11 is 6.10. The zero-order valence-electron chi connectivity index (χ0n) is 17.6. The quantitative estimate of drug-likeness (QED) is 0.339. The van der Waals surface area contributed by atoms with E-state index in [1.54, 1.807) is 25.1 Å². The summed E-state index contributed by atoms with van der Waals surface area (Å²) in [6, 6.07) is 16.9. The smallest absolute Gasteiger partial charge is 0.340 e. The summed E-state index contributed by atoms with van der Waals surface area (Å²) in [5, 5.41) is 2.41. The fraction of sp³-hybridized carbons (Fsp3) is 0.280. The maximum absolute atomic E-state index is 13.0. The summed E-state index contributed by atoms with van der Waals surface area (Å²) in [5.41, 5.74) is 1.84. The van der Waals surface area contributed by atoms with Gasteiger partial charge in [-0.15, -0.1) is 0 Å². The maximum Gasteiger partial charge on any atom is 0.340 e. The lowest BCUT2D eigenvalue weighted by Gasteiger charge is -2.29. The van der Waals surface area contributed by atoms with Crippen LogP contribution in [0.15, 0.2) is 54.6 Å². The van der Waals surface area contributed by atoms with Gasteiger partial charge in [-0.1, -0.05) is 48.0 Å². The lowest BCUT2D eigenvalue weighted by molar-refractivity contribution is -0.166. The van der Waals surface area contributed by atoms with E-state index in [1.807, 2.05) is 57.2 Å². The summed E-state index contributed by atoms with van der Waals surface area (Å²) < 4.78 is 11.5. The highest BCUT2D eigenvalue weighted by atomic mass is 35.5. The van der Waals surface area contributed by atoms with Gasteiger partial charge in [0.1, 0.15) is 6.29 Å². The third-order valence-corrected chi connectivity index (χ3v) is 4.87. The molecule has 0 fully saturated rings. The Labute approximate surface area is 181 Å². The van der Waals surface area contributed by atoms with Crippen molar-refractivity contribution in [1.82, 2.24) is 0 Å². The highest BCUT2D eigenvalue weighted by Gasteiger charge is 2.33. The molecule has 3 aromatic carbocycles. The molecule has 1 atom stereocenters. The van der Waals surface area contributed by atoms with E-state index in [-0.39, 0.29) is 6.61 Å². The van der Waals surface area contributed by atoms with Crippen molar-refractivity contribution < 1.29 is 19.1 Å². The molecule has 3 rings (SSSR count). The number of benzene rings is 3. The fourth-order valence-corrected chi connectivity index (χ4v) is 3.62. The lowest BCUT2D eigenvalue weighted by atomic mass is 9.87. The third kappa shape index (κ3) is 4.72. The molecule has 0 aromatic heterocycles. The monoisotopic (exact) mass is 424 g/mol. The molecule has 30 heavy (non-hydrogen) atoms. The molecule has 0 aliphatic rings. The van der Waals surface area contributed by atoms with Crippen LogP contribution in [0, 0.1) is 0 Å². The normalized spacial score (nSPS) is 12.6. The Morgan fingerprint density at radius 2 is 1.77 bits per heavy atom. The third-order valence-electron chi connectivity index (χ3n) is 4.62. The number of carbonyl (C=O) groups excluding carboxylic acids is 2. The van der Waals surface area contributed by atoms with Crippen LogP contribution in [0.25, 0.3) is 21.9 Å². The van der Waals surface area contributed by atoms with E-state index in [9.17, 15) is 9.59 Å². The van der Waals surface area contributed by atoms with Gasteiger partial charge in [0, 0.05) is 16.1 Å². The molecule has 0 bridgehead atoms. The summed E-state index contributed by atoms with van der Waals surface area (Å²) in [4.78, 5) is 25.1. The Bertz CT molecular complexity index is 1060. The van der Waals surface area contributed by atoms with Crippen LogP contribution in [0.2, 0.25) is 5.02 Å². The lowest BCUT2D eigenvalue weighted by Crippen LogP contribution is -2.30. The van der Waals surface area contributed by atoms with E-state index >= 15 is 0 Å². The summed E-state index contributed by atoms with van der Waals surface area (Å²) in [6.45, 7) is 7.55. The van der Waals surface area contributed by atoms with Gasteiger partial charge in [0.15, 0.2) is 6.10 Å². The minimum absolute atomic E-state index is 0.211. The van der Waals surface area contributed by atoms with E-state index < -0.39 is 17.7 Å². The first kappa shape index (κ1) is 22.0. The number of rotatable bonds is 6. The second-order valence-corrected chi connectivity index (χ2v) is 8.40. The fourth-order valence-electron chi connectivity index (χ4n) is 3.49. The molecular formula is C25H25ClO4. The van der Waals surface area contributed by atoms with Crippen LogP contribution in [0.5, 0.6) is 0 Å². The predicted molar refractivity (Wildman–Crippen MR) is 120 cm³/mol. The minimum atomic E-state index is -1.06. The van der Waals surface area contributed by atoms with Crippen LogP contribution in [0.1, 0.15) is 49.7 Å². The first-order valence-corrected chi connectivity index (χ1v) is 10.2. The molecule has 4 nitrogen and oxygen atoms in total. The van der Waals surface area contributed by atoms with Crippen LogP contribution < -0.4 is 0 Å². The standard InChI is InChI=1S/C25H25ClO4/c1-5-29-24(28)23(30-25(2,3)4)22-18(15-27)14-17-8-6-7-9-20(17)21(22)16-10-12-19(26)13-11-16/h6-15,23H,5H2,1-4H3/t23-/m0/s1. The Balaban J connectivity index is 2.40. The SMILES string of the molecule is CCOC(=O)[C@@H](OC(C)(C)C)c1c(C=O)cc2ccccc2c1-c1ccc(Cl)cc1. The predicted octanol–water partition coefficient (Wildman–Crippen LogP) is 6.39. The Morgan fingerprint density at radius 3 is 2.37 bits per heavy atom. The second-order valence-electron chi connectivity index (χ2n) is 7.96. The molecule has 0 aliphatic heterocycles. The van der Waals surface area contributed by atoms with E-state index in [0.717, 1.165) is 28.2 Å². The van der Waals surface area contributed by atoms with Crippen molar-refractivity contribution >= 4 is 34.6 Å². The molecule has 156 valence electrons. The number of fused-ring (bicyclic) bond motifs is 1. The molecule has 0 saturated carbocycles. The van der Waals surface area contributed by atoms with Crippen molar-refractivity contribution in [2.75, 3.05) is 6.61 Å². The largest absolute Gasteiger partial charge is 0.464 e. The maximum atomic E-state index is 13.0. The minimum Gasteiger partial charge on any atom is -0.464 e. The molecule has 0 unspecified atom stereocenters. The zero-order valence-corrected chi connectivity index (χ0v) is 18.3. The molecule has 0 amide bonds. The van der Waals surface area contributed by atoms with Crippen molar-refractivity contribution in [2.24, 2.45) is 0 Å². The summed E-state index contributed by atoms with van der Waals surface area (Å²) in [5.74, 6) is -0.527. The van der Waals surface area contributed by atoms with Gasteiger partial charge < -0.3 is 9.47 Å². The van der Waals surface area contributed by atoms with Gasteiger partial charge in [0.25, 0.3) is 0 Å². The van der Waals surface area contributed by atoms with Crippen LogP contribution in [-0.2, 0) is 14.3 Å². The molecule has 0 heterocycles. The van der Waals surface area contributed by atoms with E-state index in [2.05, 4.69) is 0 Å². The van der Waals surface area contributed by atoms with E-state index in [0.29, 0.717) is 16.1 Å². The molecule has 0 aliphatic carbocycles. The summed E-state index contributed by atoms with van der Waals surface area (Å²) in [7, 11) is 0. The van der Waals surface area contributed by atoms with Gasteiger partial charge in [-0.3, -0.25) is 4.79 Å². The van der Waals surface area contributed by atoms with E-state index in [1.165, 1.54) is 0 Å². The average molecular weight is 425 g/mol. The topological polar surface area (TPSA) is 52.6 Å². The molecular weight excluding hydrogens is 400 g/mol. The molecule has 0 radical (unpaired) electrons. The molecule has 0 N–H and O–H groups in total. The van der Waals surface area contributed by atoms with Crippen LogP contribution in [0.3, 0.4) is 0 Å². The van der Waals surface area contributed by atoms with Gasteiger partial charge >= 0.3 is 5.97 Å². The number of halogens is 1. The van der Waals surface area contributed by atoms with Crippen molar-refractivity contribution in [2.45, 2.75) is 39.4 Å². The number of hydrogen-bond acceptors (Lipinski definition) is 4. The van der Waals surface area contributed by atoms with Crippen molar-refractivity contribution in [3.63, 3.8) is 0 Å². The Hall–Kier alpha value is -2.69. The number of ether oxygens (including phenoxy) is 2. The Kier molecular flexibility index (Phi) is 6.59. The number of carbonyl (C=O) groups is 2. The molecule has 5 heteroatoms. The zero-order chi connectivity index (χ0) is 21.9. The molecule has 0 spiro atoms. The van der Waals surface area contributed by atoms with Gasteiger partial charge in [-0.2, -0.15) is 0 Å². The van der Waals surface area contributed by atoms with Gasteiger partial charge in [0.05, 0.1) is 12.2 Å². The number of aldehydes is 1. The van der Waals surface area contributed by atoms with Crippen LogP contribution in [-0.4, -0.2) is 24.5 Å². The molecule has 3 aromatic rings. The Morgan fingerprint density at radius 1 is 1.10 bits per heavy atom. The average Bonchev–Trinajstić information content (AvgIpc) is 2.71. The number of hydrogen-bond donors (Lipinski definition) is 0. The number of esters is 1. The van der Waals surface area contributed by atoms with Crippen LogP contribution >= 0.6 is 11.6 Å².